The van der Waals surface area contributed by atoms with Crippen LogP contribution in [0.25, 0.3) is 0 Å². The van der Waals surface area contributed by atoms with Crippen LogP contribution in [0.1, 0.15) is 16.7 Å². The van der Waals surface area contributed by atoms with E-state index in [9.17, 15) is 14.3 Å². The molecule has 3 heteroatoms. The molecule has 20 heavy (non-hydrogen) atoms. The fraction of sp³-hybridized carbons (Fsp3) is 0.235. The fourth-order valence-electron chi connectivity index (χ4n) is 2.20. The summed E-state index contributed by atoms with van der Waals surface area (Å²) in [5.41, 5.74) is 2.84. The van der Waals surface area contributed by atoms with E-state index in [4.69, 9.17) is 0 Å². The maximum absolute atomic E-state index is 13.1. The number of hydrogen-bond donors (Lipinski definition) is 1. The summed E-state index contributed by atoms with van der Waals surface area (Å²) >= 11 is 0. The molecule has 2 nitrogen and oxygen atoms in total. The van der Waals surface area contributed by atoms with Gasteiger partial charge in [0.15, 0.2) is 0 Å². The Hall–Kier alpha value is -2.16. The van der Waals surface area contributed by atoms with Gasteiger partial charge in [-0.05, 0) is 43.0 Å². The minimum absolute atomic E-state index is 0.332. The second-order valence-electron chi connectivity index (χ2n) is 5.06. The lowest BCUT2D eigenvalue weighted by atomic mass is 9.92. The van der Waals surface area contributed by atoms with Gasteiger partial charge in [0.25, 0.3) is 0 Å². The molecule has 104 valence electrons. The van der Waals surface area contributed by atoms with Crippen molar-refractivity contribution >= 4 is 5.97 Å². The lowest BCUT2D eigenvalue weighted by Gasteiger charge is -2.13. The summed E-state index contributed by atoms with van der Waals surface area (Å²) in [6, 6.07) is 13.9. The topological polar surface area (TPSA) is 37.3 Å². The molecule has 0 fully saturated rings. The van der Waals surface area contributed by atoms with E-state index in [1.807, 2.05) is 31.2 Å². The highest BCUT2D eigenvalue weighted by molar-refractivity contribution is 5.70. The molecule has 0 saturated carbocycles. The van der Waals surface area contributed by atoms with E-state index in [2.05, 4.69) is 0 Å². The van der Waals surface area contributed by atoms with Crippen molar-refractivity contribution in [2.45, 2.75) is 19.8 Å². The van der Waals surface area contributed by atoms with E-state index in [-0.39, 0.29) is 5.82 Å². The number of carboxylic acid groups (broad SMARTS) is 1. The van der Waals surface area contributed by atoms with Gasteiger partial charge in [-0.2, -0.15) is 0 Å². The van der Waals surface area contributed by atoms with E-state index in [1.54, 1.807) is 12.1 Å². The normalized spacial score (nSPS) is 12.1. The van der Waals surface area contributed by atoms with Crippen molar-refractivity contribution < 1.29 is 14.3 Å². The minimum atomic E-state index is -0.852. The molecule has 2 rings (SSSR count). The maximum Gasteiger partial charge on any atom is 0.307 e. The molecule has 0 aliphatic heterocycles. The smallest absolute Gasteiger partial charge is 0.307 e. The second kappa shape index (κ2) is 6.33. The molecule has 1 atom stereocenters. The van der Waals surface area contributed by atoms with Gasteiger partial charge in [-0.25, -0.2) is 4.39 Å². The Kier molecular flexibility index (Phi) is 4.51. The van der Waals surface area contributed by atoms with Crippen molar-refractivity contribution in [2.75, 3.05) is 0 Å². The monoisotopic (exact) mass is 272 g/mol. The van der Waals surface area contributed by atoms with Crippen LogP contribution in [0.5, 0.6) is 0 Å². The van der Waals surface area contributed by atoms with E-state index >= 15 is 0 Å². The zero-order valence-corrected chi connectivity index (χ0v) is 11.3. The molecule has 2 aromatic rings. The van der Waals surface area contributed by atoms with E-state index in [1.165, 1.54) is 12.1 Å². The van der Waals surface area contributed by atoms with Crippen LogP contribution in [0.3, 0.4) is 0 Å². The number of rotatable bonds is 5. The molecule has 0 radical (unpaired) electrons. The van der Waals surface area contributed by atoms with Gasteiger partial charge in [0.1, 0.15) is 5.82 Å². The average molecular weight is 272 g/mol. The Bertz CT molecular complexity index is 590. The zero-order valence-electron chi connectivity index (χ0n) is 11.3. The van der Waals surface area contributed by atoms with Gasteiger partial charge >= 0.3 is 5.97 Å². The standard InChI is InChI=1S/C17H17FO2/c1-12-5-7-13(8-6-12)9-15(17(19)20)10-14-3-2-4-16(18)11-14/h2-8,11,15H,9-10H2,1H3,(H,19,20). The highest BCUT2D eigenvalue weighted by Gasteiger charge is 2.18. The molecule has 1 unspecified atom stereocenters. The number of aliphatic carboxylic acids is 1. The Labute approximate surface area is 117 Å². The number of hydrogen-bond acceptors (Lipinski definition) is 1. The number of carboxylic acids is 1. The first-order valence-electron chi connectivity index (χ1n) is 6.57. The molecular weight excluding hydrogens is 255 g/mol. The van der Waals surface area contributed by atoms with E-state index < -0.39 is 11.9 Å². The molecule has 0 saturated heterocycles. The van der Waals surface area contributed by atoms with Crippen LogP contribution in [-0.2, 0) is 17.6 Å². The molecule has 0 spiro atoms. The van der Waals surface area contributed by atoms with Crippen LogP contribution in [0, 0.1) is 18.7 Å². The van der Waals surface area contributed by atoms with Crippen LogP contribution in [-0.4, -0.2) is 11.1 Å². The molecule has 0 heterocycles. The van der Waals surface area contributed by atoms with Crippen LogP contribution in [0.15, 0.2) is 48.5 Å². The third kappa shape index (κ3) is 3.92. The SMILES string of the molecule is Cc1ccc(CC(Cc2cccc(F)c2)C(=O)O)cc1. The van der Waals surface area contributed by atoms with Crippen molar-refractivity contribution in [1.82, 2.24) is 0 Å². The van der Waals surface area contributed by atoms with Gasteiger partial charge in [-0.3, -0.25) is 4.79 Å². The Morgan fingerprint density at radius 2 is 1.75 bits per heavy atom. The maximum atomic E-state index is 13.1. The summed E-state index contributed by atoms with van der Waals surface area (Å²) in [5, 5.41) is 9.33. The van der Waals surface area contributed by atoms with Crippen LogP contribution in [0.2, 0.25) is 0 Å². The highest BCUT2D eigenvalue weighted by Crippen LogP contribution is 2.16. The van der Waals surface area contributed by atoms with Crippen LogP contribution in [0.4, 0.5) is 4.39 Å². The number of carbonyl (C=O) groups is 1. The molecule has 0 aromatic heterocycles. The van der Waals surface area contributed by atoms with Gasteiger partial charge in [0.05, 0.1) is 5.92 Å². The van der Waals surface area contributed by atoms with Crippen molar-refractivity contribution in [3.63, 3.8) is 0 Å². The number of halogens is 1. The van der Waals surface area contributed by atoms with Crippen molar-refractivity contribution in [2.24, 2.45) is 5.92 Å². The molecule has 1 N–H and O–H groups in total. The third-order valence-electron chi connectivity index (χ3n) is 3.32. The molecule has 0 aliphatic carbocycles. The summed E-state index contributed by atoms with van der Waals surface area (Å²) < 4.78 is 13.1. The van der Waals surface area contributed by atoms with Crippen LogP contribution < -0.4 is 0 Å². The van der Waals surface area contributed by atoms with Gasteiger partial charge in [0, 0.05) is 0 Å². The zero-order chi connectivity index (χ0) is 14.5. The van der Waals surface area contributed by atoms with Gasteiger partial charge in [-0.1, -0.05) is 42.0 Å². The summed E-state index contributed by atoms with van der Waals surface area (Å²) in [6.07, 6.45) is 0.785. The Morgan fingerprint density at radius 1 is 1.10 bits per heavy atom. The number of benzene rings is 2. The summed E-state index contributed by atoms with van der Waals surface area (Å²) in [7, 11) is 0. The molecule has 0 amide bonds. The highest BCUT2D eigenvalue weighted by atomic mass is 19.1. The molecule has 0 bridgehead atoms. The van der Waals surface area contributed by atoms with Gasteiger partial charge < -0.3 is 5.11 Å². The number of aryl methyl sites for hydroxylation is 1. The third-order valence-corrected chi connectivity index (χ3v) is 3.32. The summed E-state index contributed by atoms with van der Waals surface area (Å²) in [4.78, 5) is 11.4. The predicted molar refractivity (Wildman–Crippen MR) is 76.1 cm³/mol. The lowest BCUT2D eigenvalue weighted by molar-refractivity contribution is -0.141. The largest absolute Gasteiger partial charge is 0.481 e. The van der Waals surface area contributed by atoms with Crippen molar-refractivity contribution in [3.05, 3.63) is 71.0 Å². The Morgan fingerprint density at radius 3 is 2.35 bits per heavy atom. The minimum Gasteiger partial charge on any atom is -0.481 e. The summed E-state index contributed by atoms with van der Waals surface area (Å²) in [6.45, 7) is 1.99. The van der Waals surface area contributed by atoms with Gasteiger partial charge in [0.2, 0.25) is 0 Å². The second-order valence-corrected chi connectivity index (χ2v) is 5.06. The predicted octanol–water partition coefficient (Wildman–Crippen LogP) is 3.62. The fourth-order valence-corrected chi connectivity index (χ4v) is 2.20. The first-order valence-corrected chi connectivity index (χ1v) is 6.57. The average Bonchev–Trinajstić information content (AvgIpc) is 2.40. The van der Waals surface area contributed by atoms with Crippen LogP contribution >= 0.6 is 0 Å². The lowest BCUT2D eigenvalue weighted by Crippen LogP contribution is -2.19. The van der Waals surface area contributed by atoms with Crippen molar-refractivity contribution in [3.8, 4) is 0 Å². The molecule has 0 aliphatic rings. The van der Waals surface area contributed by atoms with E-state index in [0.717, 1.165) is 11.1 Å². The van der Waals surface area contributed by atoms with Crippen molar-refractivity contribution in [1.29, 1.82) is 0 Å². The van der Waals surface area contributed by atoms with E-state index in [0.29, 0.717) is 18.4 Å². The first kappa shape index (κ1) is 14.3. The quantitative estimate of drug-likeness (QED) is 0.902. The molecular formula is C17H17FO2. The summed E-state index contributed by atoms with van der Waals surface area (Å²) in [5.74, 6) is -1.73. The molecule has 2 aromatic carbocycles. The van der Waals surface area contributed by atoms with Gasteiger partial charge in [-0.15, -0.1) is 0 Å². The first-order chi connectivity index (χ1) is 9.54. The Balaban J connectivity index is 2.11.